The van der Waals surface area contributed by atoms with Gasteiger partial charge in [0.15, 0.2) is 0 Å². The van der Waals surface area contributed by atoms with Gasteiger partial charge in [-0.05, 0) is 79.0 Å². The van der Waals surface area contributed by atoms with Crippen molar-refractivity contribution in [3.63, 3.8) is 0 Å². The van der Waals surface area contributed by atoms with E-state index < -0.39 is 0 Å². The summed E-state index contributed by atoms with van der Waals surface area (Å²) < 4.78 is 0. The van der Waals surface area contributed by atoms with Crippen molar-refractivity contribution >= 4 is 23.1 Å². The minimum Gasteiger partial charge on any atom is -0.0626 e. The van der Waals surface area contributed by atoms with Crippen LogP contribution in [0.1, 0.15) is 50.1 Å². The summed E-state index contributed by atoms with van der Waals surface area (Å²) in [6.07, 6.45) is 0. The molecule has 0 unspecified atom stereocenters. The van der Waals surface area contributed by atoms with Gasteiger partial charge in [-0.15, -0.1) is 0 Å². The van der Waals surface area contributed by atoms with E-state index in [2.05, 4.69) is 98.7 Å². The molecule has 3 rings (SSSR count). The minimum atomic E-state index is 0.264. The molecule has 0 heterocycles. The van der Waals surface area contributed by atoms with Crippen LogP contribution in [0.5, 0.6) is 0 Å². The van der Waals surface area contributed by atoms with Crippen LogP contribution in [0.2, 0.25) is 0 Å². The van der Waals surface area contributed by atoms with Gasteiger partial charge in [0, 0.05) is 0 Å². The van der Waals surface area contributed by atoms with Gasteiger partial charge in [0.25, 0.3) is 0 Å². The van der Waals surface area contributed by atoms with E-state index in [1.807, 2.05) is 0 Å². The average molecular weight is 368 g/mol. The van der Waals surface area contributed by atoms with Gasteiger partial charge in [-0.25, -0.2) is 0 Å². The van der Waals surface area contributed by atoms with E-state index in [0.717, 1.165) is 0 Å². The molecule has 0 spiro atoms. The highest BCUT2D eigenvalue weighted by molar-refractivity contribution is 6.97. The first-order valence-corrected chi connectivity index (χ1v) is 10.3. The Morgan fingerprint density at radius 2 is 0.571 bits per heavy atom. The third kappa shape index (κ3) is 3.32. The summed E-state index contributed by atoms with van der Waals surface area (Å²) in [6, 6.07) is 13.7. The van der Waals surface area contributed by atoms with Crippen molar-refractivity contribution in [2.24, 2.45) is 0 Å². The lowest BCUT2D eigenvalue weighted by Gasteiger charge is -2.28. The van der Waals surface area contributed by atoms with Gasteiger partial charge in [-0.1, -0.05) is 86.2 Å². The molecule has 0 atom stereocenters. The molecule has 0 aliphatic carbocycles. The monoisotopic (exact) mass is 368 g/mol. The largest absolute Gasteiger partial charge is 0.243 e. The maximum absolute atomic E-state index is 2.30. The first-order chi connectivity index (χ1) is 13.1. The van der Waals surface area contributed by atoms with Gasteiger partial charge >= 0.3 is 0 Å². The Bertz CT molecular complexity index is 920. The summed E-state index contributed by atoms with van der Waals surface area (Å²) in [5.74, 6) is 0. The number of aryl methyl sites for hydroxylation is 6. The Labute approximate surface area is 172 Å². The van der Waals surface area contributed by atoms with Crippen LogP contribution in [0.4, 0.5) is 0 Å². The van der Waals surface area contributed by atoms with Crippen molar-refractivity contribution in [1.29, 1.82) is 0 Å². The minimum absolute atomic E-state index is 0.264. The number of hydrogen-bond acceptors (Lipinski definition) is 0. The molecule has 0 fully saturated rings. The van der Waals surface area contributed by atoms with Gasteiger partial charge < -0.3 is 0 Å². The maximum atomic E-state index is 2.30. The molecule has 3 aromatic carbocycles. The second-order valence-electron chi connectivity index (χ2n) is 8.65. The highest BCUT2D eigenvalue weighted by Gasteiger charge is 2.31. The Morgan fingerprint density at radius 3 is 0.821 bits per heavy atom. The summed E-state index contributed by atoms with van der Waals surface area (Å²) in [5.41, 5.74) is 17.0. The standard InChI is InChI=1S/C27H33B/c1-16-10-13-19(4)25(22(16)7)28(26-20(5)14-11-17(2)23(26)8)27-21(6)15-12-18(3)24(27)9/h10-15H,1-9H3. The van der Waals surface area contributed by atoms with Crippen LogP contribution in [-0.2, 0) is 0 Å². The van der Waals surface area contributed by atoms with Crippen molar-refractivity contribution in [3.05, 3.63) is 86.5 Å². The first kappa shape index (κ1) is 20.5. The summed E-state index contributed by atoms with van der Waals surface area (Å²) in [6.45, 7) is 20.7. The van der Waals surface area contributed by atoms with Crippen molar-refractivity contribution in [2.45, 2.75) is 62.3 Å². The second-order valence-corrected chi connectivity index (χ2v) is 8.65. The van der Waals surface area contributed by atoms with Crippen LogP contribution in [0.15, 0.2) is 36.4 Å². The Morgan fingerprint density at radius 1 is 0.357 bits per heavy atom. The number of benzene rings is 3. The predicted octanol–water partition coefficient (Wildman–Crippen LogP) is 4.98. The Balaban J connectivity index is 2.51. The molecule has 0 radical (unpaired) electrons. The van der Waals surface area contributed by atoms with Crippen LogP contribution in [0.3, 0.4) is 0 Å². The molecule has 0 bridgehead atoms. The SMILES string of the molecule is Cc1ccc(C)c(B(c2c(C)ccc(C)c2C)c2c(C)ccc(C)c2C)c1C. The van der Waals surface area contributed by atoms with Crippen LogP contribution >= 0.6 is 0 Å². The normalized spacial score (nSPS) is 11.0. The first-order valence-electron chi connectivity index (χ1n) is 10.3. The molecule has 0 saturated heterocycles. The van der Waals surface area contributed by atoms with Gasteiger partial charge in [0.1, 0.15) is 0 Å². The van der Waals surface area contributed by atoms with Crippen molar-refractivity contribution in [1.82, 2.24) is 0 Å². The zero-order valence-electron chi connectivity index (χ0n) is 19.0. The van der Waals surface area contributed by atoms with E-state index in [0.29, 0.717) is 0 Å². The van der Waals surface area contributed by atoms with Gasteiger partial charge in [0.05, 0.1) is 0 Å². The van der Waals surface area contributed by atoms with Gasteiger partial charge in [-0.3, -0.25) is 0 Å². The molecular weight excluding hydrogens is 335 g/mol. The Kier molecular flexibility index (Phi) is 5.57. The fraction of sp³-hybridized carbons (Fsp3) is 0.333. The molecule has 1 heteroatoms. The smallest absolute Gasteiger partial charge is 0.0626 e. The highest BCUT2D eigenvalue weighted by atomic mass is 14.1. The third-order valence-electron chi connectivity index (χ3n) is 6.88. The zero-order valence-corrected chi connectivity index (χ0v) is 19.0. The molecule has 144 valence electrons. The zero-order chi connectivity index (χ0) is 20.7. The number of rotatable bonds is 3. The van der Waals surface area contributed by atoms with Gasteiger partial charge in [0.2, 0.25) is 6.71 Å². The lowest BCUT2D eigenvalue weighted by Crippen LogP contribution is -2.57. The van der Waals surface area contributed by atoms with Crippen LogP contribution in [0, 0.1) is 62.3 Å². The topological polar surface area (TPSA) is 0 Å². The van der Waals surface area contributed by atoms with Gasteiger partial charge in [-0.2, -0.15) is 0 Å². The van der Waals surface area contributed by atoms with E-state index in [4.69, 9.17) is 0 Å². The van der Waals surface area contributed by atoms with E-state index in [9.17, 15) is 0 Å². The molecule has 0 nitrogen and oxygen atoms in total. The van der Waals surface area contributed by atoms with E-state index >= 15 is 0 Å². The summed E-state index contributed by atoms with van der Waals surface area (Å²) >= 11 is 0. The molecule has 0 saturated carbocycles. The molecule has 28 heavy (non-hydrogen) atoms. The average Bonchev–Trinajstić information content (AvgIpc) is 2.65. The van der Waals surface area contributed by atoms with E-state index in [-0.39, 0.29) is 6.71 Å². The quantitative estimate of drug-likeness (QED) is 0.572. The molecule has 3 aromatic rings. The second kappa shape index (κ2) is 7.62. The van der Waals surface area contributed by atoms with Crippen molar-refractivity contribution in [2.75, 3.05) is 0 Å². The highest BCUT2D eigenvalue weighted by Crippen LogP contribution is 2.17. The third-order valence-corrected chi connectivity index (χ3v) is 6.88. The summed E-state index contributed by atoms with van der Waals surface area (Å²) in [4.78, 5) is 0. The fourth-order valence-corrected chi connectivity index (χ4v) is 4.68. The van der Waals surface area contributed by atoms with E-state index in [1.165, 1.54) is 66.5 Å². The molecule has 0 aliphatic rings. The van der Waals surface area contributed by atoms with Crippen molar-refractivity contribution in [3.8, 4) is 0 Å². The van der Waals surface area contributed by atoms with Crippen LogP contribution < -0.4 is 16.4 Å². The lowest BCUT2D eigenvalue weighted by molar-refractivity contribution is 1.30. The number of hydrogen-bond donors (Lipinski definition) is 0. The van der Waals surface area contributed by atoms with E-state index in [1.54, 1.807) is 0 Å². The Hall–Kier alpha value is -2.28. The molecule has 0 aliphatic heterocycles. The van der Waals surface area contributed by atoms with Crippen molar-refractivity contribution < 1.29 is 0 Å². The predicted molar refractivity (Wildman–Crippen MR) is 127 cm³/mol. The molecular formula is C27H33B. The maximum Gasteiger partial charge on any atom is 0.243 e. The van der Waals surface area contributed by atoms with Crippen LogP contribution in [0.25, 0.3) is 0 Å². The summed E-state index contributed by atoms with van der Waals surface area (Å²) in [7, 11) is 0. The lowest BCUT2D eigenvalue weighted by atomic mass is 9.32. The molecule has 0 N–H and O–H groups in total. The summed E-state index contributed by atoms with van der Waals surface area (Å²) in [5, 5.41) is 0. The van der Waals surface area contributed by atoms with Crippen LogP contribution in [-0.4, -0.2) is 6.71 Å². The fourth-order valence-electron chi connectivity index (χ4n) is 4.68. The molecule has 0 aromatic heterocycles. The molecule has 0 amide bonds.